The molecule has 0 bridgehead atoms. The average molecular weight is 306 g/mol. The Labute approximate surface area is 137 Å². The standard InChI is InChI=1S/C19H22N4/c1-3-14(2)17-8-10-18(11-9-17)23-19(21)22-13-16-6-4-15(12-20)5-7-16/h4-11,14H,3,13H2,1-2H3,(H3,21,22,23). The number of anilines is 1. The fourth-order valence-corrected chi connectivity index (χ4v) is 2.18. The van der Waals surface area contributed by atoms with E-state index in [-0.39, 0.29) is 0 Å². The number of benzene rings is 2. The number of rotatable bonds is 5. The van der Waals surface area contributed by atoms with Gasteiger partial charge in [-0.05, 0) is 47.7 Å². The molecule has 2 aromatic rings. The topological polar surface area (TPSA) is 74.2 Å². The number of guanidine groups is 1. The van der Waals surface area contributed by atoms with Gasteiger partial charge in [0.05, 0.1) is 18.2 Å². The first kappa shape index (κ1) is 16.6. The molecule has 0 saturated heterocycles. The number of hydrogen-bond donors (Lipinski definition) is 2. The van der Waals surface area contributed by atoms with Crippen LogP contribution in [0.1, 0.15) is 42.9 Å². The molecule has 1 atom stereocenters. The largest absolute Gasteiger partial charge is 0.370 e. The quantitative estimate of drug-likeness (QED) is 0.647. The third kappa shape index (κ3) is 4.86. The highest BCUT2D eigenvalue weighted by Crippen LogP contribution is 2.20. The fraction of sp³-hybridized carbons (Fsp3) is 0.263. The highest BCUT2D eigenvalue weighted by molar-refractivity contribution is 5.92. The second-order valence-electron chi connectivity index (χ2n) is 5.57. The van der Waals surface area contributed by atoms with E-state index in [1.54, 1.807) is 12.1 Å². The van der Waals surface area contributed by atoms with Gasteiger partial charge in [0.15, 0.2) is 5.96 Å². The molecule has 0 fully saturated rings. The Bertz CT molecular complexity index is 694. The van der Waals surface area contributed by atoms with Crippen molar-refractivity contribution in [2.24, 2.45) is 10.7 Å². The number of hydrogen-bond acceptors (Lipinski definition) is 2. The Morgan fingerprint density at radius 2 is 1.83 bits per heavy atom. The average Bonchev–Trinajstić information content (AvgIpc) is 2.60. The molecule has 4 heteroatoms. The predicted octanol–water partition coefficient (Wildman–Crippen LogP) is 4.00. The van der Waals surface area contributed by atoms with Crippen molar-refractivity contribution >= 4 is 11.6 Å². The van der Waals surface area contributed by atoms with E-state index < -0.39 is 0 Å². The summed E-state index contributed by atoms with van der Waals surface area (Å²) in [6.07, 6.45) is 1.13. The number of nitrogens with zero attached hydrogens (tertiary/aromatic N) is 2. The lowest BCUT2D eigenvalue weighted by atomic mass is 9.99. The molecule has 1 unspecified atom stereocenters. The van der Waals surface area contributed by atoms with Crippen LogP contribution in [0.3, 0.4) is 0 Å². The van der Waals surface area contributed by atoms with E-state index >= 15 is 0 Å². The molecule has 0 aliphatic rings. The second kappa shape index (κ2) is 8.00. The highest BCUT2D eigenvalue weighted by atomic mass is 15.1. The van der Waals surface area contributed by atoms with E-state index in [2.05, 4.69) is 42.4 Å². The van der Waals surface area contributed by atoms with Crippen molar-refractivity contribution in [2.75, 3.05) is 5.32 Å². The molecule has 0 spiro atoms. The van der Waals surface area contributed by atoms with Gasteiger partial charge in [0.2, 0.25) is 0 Å². The van der Waals surface area contributed by atoms with Crippen LogP contribution in [0.4, 0.5) is 5.69 Å². The van der Waals surface area contributed by atoms with Crippen LogP contribution in [0.5, 0.6) is 0 Å². The molecule has 0 aliphatic heterocycles. The van der Waals surface area contributed by atoms with Crippen molar-refractivity contribution in [1.82, 2.24) is 0 Å². The molecule has 2 rings (SSSR count). The maximum absolute atomic E-state index is 8.77. The third-order valence-electron chi connectivity index (χ3n) is 3.88. The fourth-order valence-electron chi connectivity index (χ4n) is 2.18. The summed E-state index contributed by atoms with van der Waals surface area (Å²) in [6, 6.07) is 17.7. The second-order valence-corrected chi connectivity index (χ2v) is 5.57. The Balaban J connectivity index is 1.95. The number of nitriles is 1. The minimum Gasteiger partial charge on any atom is -0.370 e. The molecular formula is C19H22N4. The molecule has 2 aromatic carbocycles. The van der Waals surface area contributed by atoms with Crippen molar-refractivity contribution in [3.63, 3.8) is 0 Å². The van der Waals surface area contributed by atoms with Crippen molar-refractivity contribution < 1.29 is 0 Å². The summed E-state index contributed by atoms with van der Waals surface area (Å²) in [4.78, 5) is 4.32. The van der Waals surface area contributed by atoms with E-state index in [1.807, 2.05) is 24.3 Å². The van der Waals surface area contributed by atoms with Crippen molar-refractivity contribution in [3.05, 3.63) is 65.2 Å². The smallest absolute Gasteiger partial charge is 0.193 e. The molecule has 4 nitrogen and oxygen atoms in total. The van der Waals surface area contributed by atoms with E-state index in [1.165, 1.54) is 5.56 Å². The van der Waals surface area contributed by atoms with Gasteiger partial charge in [-0.2, -0.15) is 5.26 Å². The summed E-state index contributed by atoms with van der Waals surface area (Å²) >= 11 is 0. The normalized spacial score (nSPS) is 12.5. The van der Waals surface area contributed by atoms with Crippen molar-refractivity contribution in [2.45, 2.75) is 32.7 Å². The Hall–Kier alpha value is -2.80. The first-order valence-electron chi connectivity index (χ1n) is 7.78. The lowest BCUT2D eigenvalue weighted by molar-refractivity contribution is 0.734. The van der Waals surface area contributed by atoms with Crippen LogP contribution in [0, 0.1) is 11.3 Å². The molecule has 0 aliphatic carbocycles. The summed E-state index contributed by atoms with van der Waals surface area (Å²) in [5.41, 5.74) is 9.83. The van der Waals surface area contributed by atoms with Gasteiger partial charge in [0.1, 0.15) is 0 Å². The predicted molar refractivity (Wildman–Crippen MR) is 95.3 cm³/mol. The molecule has 118 valence electrons. The highest BCUT2D eigenvalue weighted by Gasteiger charge is 2.02. The lowest BCUT2D eigenvalue weighted by Gasteiger charge is -2.10. The minimum atomic E-state index is 0.380. The van der Waals surface area contributed by atoms with Gasteiger partial charge in [-0.15, -0.1) is 0 Å². The van der Waals surface area contributed by atoms with Crippen LogP contribution in [0.25, 0.3) is 0 Å². The number of nitrogens with one attached hydrogen (secondary N) is 1. The molecule has 3 N–H and O–H groups in total. The summed E-state index contributed by atoms with van der Waals surface area (Å²) in [7, 11) is 0. The summed E-state index contributed by atoms with van der Waals surface area (Å²) in [6.45, 7) is 4.88. The Morgan fingerprint density at radius 1 is 1.17 bits per heavy atom. The first-order chi connectivity index (χ1) is 11.1. The monoisotopic (exact) mass is 306 g/mol. The molecule has 23 heavy (non-hydrogen) atoms. The molecule has 0 amide bonds. The van der Waals surface area contributed by atoms with Gasteiger partial charge in [-0.25, -0.2) is 4.99 Å². The summed E-state index contributed by atoms with van der Waals surface area (Å²) < 4.78 is 0. The number of nitrogens with two attached hydrogens (primary N) is 1. The molecule has 0 heterocycles. The zero-order chi connectivity index (χ0) is 16.7. The van der Waals surface area contributed by atoms with E-state index in [0.29, 0.717) is 24.0 Å². The van der Waals surface area contributed by atoms with Crippen LogP contribution >= 0.6 is 0 Å². The van der Waals surface area contributed by atoms with Gasteiger partial charge >= 0.3 is 0 Å². The van der Waals surface area contributed by atoms with Crippen LogP contribution < -0.4 is 11.1 Å². The van der Waals surface area contributed by atoms with Gasteiger partial charge in [0, 0.05) is 5.69 Å². The van der Waals surface area contributed by atoms with Crippen LogP contribution in [-0.2, 0) is 6.54 Å². The van der Waals surface area contributed by atoms with Crippen LogP contribution in [0.2, 0.25) is 0 Å². The van der Waals surface area contributed by atoms with E-state index in [0.717, 1.165) is 17.7 Å². The van der Waals surface area contributed by atoms with E-state index in [9.17, 15) is 0 Å². The van der Waals surface area contributed by atoms with Gasteiger partial charge in [-0.1, -0.05) is 38.1 Å². The molecule has 0 saturated carbocycles. The van der Waals surface area contributed by atoms with Crippen LogP contribution in [-0.4, -0.2) is 5.96 Å². The van der Waals surface area contributed by atoms with Crippen LogP contribution in [0.15, 0.2) is 53.5 Å². The lowest BCUT2D eigenvalue weighted by Crippen LogP contribution is -2.22. The maximum Gasteiger partial charge on any atom is 0.193 e. The van der Waals surface area contributed by atoms with Gasteiger partial charge in [0.25, 0.3) is 0 Å². The third-order valence-corrected chi connectivity index (χ3v) is 3.88. The maximum atomic E-state index is 8.77. The zero-order valence-corrected chi connectivity index (χ0v) is 13.6. The molecular weight excluding hydrogens is 284 g/mol. The molecule has 0 aromatic heterocycles. The van der Waals surface area contributed by atoms with Crippen molar-refractivity contribution in [1.29, 1.82) is 5.26 Å². The first-order valence-corrected chi connectivity index (χ1v) is 7.78. The Morgan fingerprint density at radius 3 is 2.39 bits per heavy atom. The minimum absolute atomic E-state index is 0.380. The zero-order valence-electron chi connectivity index (χ0n) is 13.6. The van der Waals surface area contributed by atoms with Gasteiger partial charge in [-0.3, -0.25) is 0 Å². The Kier molecular flexibility index (Phi) is 5.76. The summed E-state index contributed by atoms with van der Waals surface area (Å²) in [5.74, 6) is 0.942. The SMILES string of the molecule is CCC(C)c1ccc(NC(N)=NCc2ccc(C#N)cc2)cc1. The summed E-state index contributed by atoms with van der Waals surface area (Å²) in [5, 5.41) is 11.9. The van der Waals surface area contributed by atoms with E-state index in [4.69, 9.17) is 11.0 Å². The van der Waals surface area contributed by atoms with Crippen molar-refractivity contribution in [3.8, 4) is 6.07 Å². The number of aliphatic imine (C=N–C) groups is 1. The molecule has 0 radical (unpaired) electrons. The van der Waals surface area contributed by atoms with Gasteiger partial charge < -0.3 is 11.1 Å².